The molecule has 4 heteroatoms. The van der Waals surface area contributed by atoms with Gasteiger partial charge in [0.05, 0.1) is 6.04 Å². The third kappa shape index (κ3) is 2.46. The first kappa shape index (κ1) is 9.96. The summed E-state index contributed by atoms with van der Waals surface area (Å²) in [6.45, 7) is 2.46. The normalized spacial score (nSPS) is 20.1. The van der Waals surface area contributed by atoms with E-state index in [0.29, 0.717) is 18.9 Å². The number of ether oxygens (including phenoxy) is 1. The van der Waals surface area contributed by atoms with E-state index in [1.807, 2.05) is 19.1 Å². The van der Waals surface area contributed by atoms with Crippen LogP contribution in [0.3, 0.4) is 0 Å². The SMILES string of the molecule is Cc1cccnc1OC[C@H]1CCC(=O)N1. The molecule has 4 nitrogen and oxygen atoms in total. The van der Waals surface area contributed by atoms with E-state index in [2.05, 4.69) is 10.3 Å². The second-order valence-corrected chi connectivity index (χ2v) is 3.74. The molecule has 1 aliphatic heterocycles. The van der Waals surface area contributed by atoms with E-state index in [9.17, 15) is 4.79 Å². The number of aryl methyl sites for hydroxylation is 1. The van der Waals surface area contributed by atoms with Crippen LogP contribution in [0.15, 0.2) is 18.3 Å². The largest absolute Gasteiger partial charge is 0.475 e. The predicted octanol–water partition coefficient (Wildman–Crippen LogP) is 1.05. The summed E-state index contributed by atoms with van der Waals surface area (Å²) in [6.07, 6.45) is 3.16. The van der Waals surface area contributed by atoms with Gasteiger partial charge in [-0.3, -0.25) is 4.79 Å². The molecule has 0 aliphatic carbocycles. The summed E-state index contributed by atoms with van der Waals surface area (Å²) in [5.74, 6) is 0.764. The molecule has 1 aromatic heterocycles. The van der Waals surface area contributed by atoms with Crippen molar-refractivity contribution in [2.24, 2.45) is 0 Å². The summed E-state index contributed by atoms with van der Waals surface area (Å²) >= 11 is 0. The zero-order chi connectivity index (χ0) is 10.7. The number of rotatable bonds is 3. The second kappa shape index (κ2) is 4.29. The quantitative estimate of drug-likeness (QED) is 0.804. The lowest BCUT2D eigenvalue weighted by Gasteiger charge is -2.12. The molecule has 1 saturated heterocycles. The maximum atomic E-state index is 10.9. The number of amides is 1. The molecule has 0 bridgehead atoms. The van der Waals surface area contributed by atoms with Gasteiger partial charge in [-0.2, -0.15) is 0 Å². The number of carbonyl (C=O) groups excluding carboxylic acids is 1. The van der Waals surface area contributed by atoms with Gasteiger partial charge >= 0.3 is 0 Å². The number of nitrogens with zero attached hydrogens (tertiary/aromatic N) is 1. The van der Waals surface area contributed by atoms with Crippen molar-refractivity contribution in [2.45, 2.75) is 25.8 Å². The van der Waals surface area contributed by atoms with Gasteiger partial charge in [0.1, 0.15) is 6.61 Å². The molecule has 1 fully saturated rings. The summed E-state index contributed by atoms with van der Waals surface area (Å²) in [4.78, 5) is 15.1. The van der Waals surface area contributed by atoms with Crippen LogP contribution < -0.4 is 10.1 Å². The van der Waals surface area contributed by atoms with Crippen LogP contribution in [0.2, 0.25) is 0 Å². The van der Waals surface area contributed by atoms with Crippen molar-refractivity contribution >= 4 is 5.91 Å². The molecular formula is C11H14N2O2. The molecule has 1 atom stereocenters. The first-order chi connectivity index (χ1) is 7.25. The van der Waals surface area contributed by atoms with Crippen molar-refractivity contribution in [3.8, 4) is 5.88 Å². The fourth-order valence-corrected chi connectivity index (χ4v) is 1.60. The van der Waals surface area contributed by atoms with E-state index in [1.165, 1.54) is 0 Å². The van der Waals surface area contributed by atoms with Crippen LogP contribution >= 0.6 is 0 Å². The van der Waals surface area contributed by atoms with Gasteiger partial charge in [-0.25, -0.2) is 4.98 Å². The predicted molar refractivity (Wildman–Crippen MR) is 55.6 cm³/mol. The standard InChI is InChI=1S/C11H14N2O2/c1-8-3-2-6-12-11(8)15-7-9-4-5-10(14)13-9/h2-3,6,9H,4-5,7H2,1H3,(H,13,14)/t9-/m1/s1. The van der Waals surface area contributed by atoms with Crippen LogP contribution in [0.1, 0.15) is 18.4 Å². The summed E-state index contributed by atoms with van der Waals surface area (Å²) in [7, 11) is 0. The summed E-state index contributed by atoms with van der Waals surface area (Å²) in [6, 6.07) is 3.97. The first-order valence-electron chi connectivity index (χ1n) is 5.09. The molecule has 0 saturated carbocycles. The molecule has 1 N–H and O–H groups in total. The Hall–Kier alpha value is -1.58. The lowest BCUT2D eigenvalue weighted by Crippen LogP contribution is -2.31. The highest BCUT2D eigenvalue weighted by atomic mass is 16.5. The van der Waals surface area contributed by atoms with E-state index in [1.54, 1.807) is 6.20 Å². The Labute approximate surface area is 88.7 Å². The van der Waals surface area contributed by atoms with Gasteiger partial charge in [0.25, 0.3) is 0 Å². The Balaban J connectivity index is 1.88. The van der Waals surface area contributed by atoms with Crippen LogP contribution in [0.4, 0.5) is 0 Å². The number of hydrogen-bond donors (Lipinski definition) is 1. The summed E-state index contributed by atoms with van der Waals surface area (Å²) in [5.41, 5.74) is 1.02. The Bertz CT molecular complexity index is 365. The van der Waals surface area contributed by atoms with E-state index in [0.717, 1.165) is 12.0 Å². The van der Waals surface area contributed by atoms with Crippen LogP contribution in [0.25, 0.3) is 0 Å². The van der Waals surface area contributed by atoms with Gasteiger partial charge in [-0.05, 0) is 19.4 Å². The third-order valence-corrected chi connectivity index (χ3v) is 2.47. The fraction of sp³-hybridized carbons (Fsp3) is 0.455. The summed E-state index contributed by atoms with van der Waals surface area (Å²) in [5, 5.41) is 2.85. The Morgan fingerprint density at radius 1 is 1.67 bits per heavy atom. The lowest BCUT2D eigenvalue weighted by atomic mass is 10.2. The highest BCUT2D eigenvalue weighted by Gasteiger charge is 2.21. The zero-order valence-corrected chi connectivity index (χ0v) is 8.69. The van der Waals surface area contributed by atoms with Crippen LogP contribution in [-0.4, -0.2) is 23.5 Å². The maximum Gasteiger partial charge on any atom is 0.220 e. The highest BCUT2D eigenvalue weighted by molar-refractivity contribution is 5.78. The molecule has 2 heterocycles. The topological polar surface area (TPSA) is 51.2 Å². The Kier molecular flexibility index (Phi) is 2.85. The monoisotopic (exact) mass is 206 g/mol. The van der Waals surface area contributed by atoms with Crippen molar-refractivity contribution < 1.29 is 9.53 Å². The average Bonchev–Trinajstić information content (AvgIpc) is 2.63. The van der Waals surface area contributed by atoms with Gasteiger partial charge in [-0.1, -0.05) is 6.07 Å². The fourth-order valence-electron chi connectivity index (χ4n) is 1.60. The minimum absolute atomic E-state index is 0.112. The van der Waals surface area contributed by atoms with Crippen molar-refractivity contribution in [3.05, 3.63) is 23.9 Å². The van der Waals surface area contributed by atoms with Gasteiger partial charge in [0.2, 0.25) is 11.8 Å². The Morgan fingerprint density at radius 2 is 2.53 bits per heavy atom. The van der Waals surface area contributed by atoms with Crippen LogP contribution in [0, 0.1) is 6.92 Å². The summed E-state index contributed by atoms with van der Waals surface area (Å²) < 4.78 is 5.54. The zero-order valence-electron chi connectivity index (χ0n) is 8.69. The molecule has 1 amide bonds. The van der Waals surface area contributed by atoms with E-state index in [4.69, 9.17) is 4.74 Å². The molecular weight excluding hydrogens is 192 g/mol. The molecule has 0 radical (unpaired) electrons. The van der Waals surface area contributed by atoms with Gasteiger partial charge in [0, 0.05) is 18.2 Å². The number of carbonyl (C=O) groups is 1. The lowest BCUT2D eigenvalue weighted by molar-refractivity contribution is -0.119. The number of pyridine rings is 1. The van der Waals surface area contributed by atoms with Crippen molar-refractivity contribution in [3.63, 3.8) is 0 Å². The van der Waals surface area contributed by atoms with Crippen molar-refractivity contribution in [1.29, 1.82) is 0 Å². The molecule has 15 heavy (non-hydrogen) atoms. The minimum Gasteiger partial charge on any atom is -0.475 e. The number of hydrogen-bond acceptors (Lipinski definition) is 3. The molecule has 0 unspecified atom stereocenters. The first-order valence-corrected chi connectivity index (χ1v) is 5.09. The third-order valence-electron chi connectivity index (χ3n) is 2.47. The molecule has 80 valence electrons. The molecule has 2 rings (SSSR count). The molecule has 0 spiro atoms. The Morgan fingerprint density at radius 3 is 3.20 bits per heavy atom. The maximum absolute atomic E-state index is 10.9. The average molecular weight is 206 g/mol. The molecule has 1 aromatic rings. The highest BCUT2D eigenvalue weighted by Crippen LogP contribution is 2.14. The number of aromatic nitrogens is 1. The smallest absolute Gasteiger partial charge is 0.220 e. The molecule has 1 aliphatic rings. The van der Waals surface area contributed by atoms with Crippen molar-refractivity contribution in [1.82, 2.24) is 10.3 Å². The molecule has 0 aromatic carbocycles. The van der Waals surface area contributed by atoms with E-state index in [-0.39, 0.29) is 11.9 Å². The van der Waals surface area contributed by atoms with Crippen LogP contribution in [0.5, 0.6) is 5.88 Å². The van der Waals surface area contributed by atoms with Gasteiger partial charge < -0.3 is 10.1 Å². The number of nitrogens with one attached hydrogen (secondary N) is 1. The van der Waals surface area contributed by atoms with Gasteiger partial charge in [0.15, 0.2) is 0 Å². The van der Waals surface area contributed by atoms with Crippen LogP contribution in [-0.2, 0) is 4.79 Å². The van der Waals surface area contributed by atoms with Crippen molar-refractivity contribution in [2.75, 3.05) is 6.61 Å². The second-order valence-electron chi connectivity index (χ2n) is 3.74. The van der Waals surface area contributed by atoms with E-state index < -0.39 is 0 Å². The van der Waals surface area contributed by atoms with E-state index >= 15 is 0 Å². The van der Waals surface area contributed by atoms with Gasteiger partial charge in [-0.15, -0.1) is 0 Å². The minimum atomic E-state index is 0.112.